The molecule has 0 aliphatic carbocycles. The Bertz CT molecular complexity index is 1010. The Morgan fingerprint density at radius 1 is 1.06 bits per heavy atom. The van der Waals surface area contributed by atoms with Crippen molar-refractivity contribution in [2.24, 2.45) is 5.41 Å². The van der Waals surface area contributed by atoms with Crippen molar-refractivity contribution in [3.8, 4) is 11.5 Å². The maximum atomic E-state index is 12.0. The summed E-state index contributed by atoms with van der Waals surface area (Å²) in [5, 5.41) is 7.23. The summed E-state index contributed by atoms with van der Waals surface area (Å²) < 4.78 is 10.6. The second kappa shape index (κ2) is 9.70. The Hall–Kier alpha value is -3.95. The summed E-state index contributed by atoms with van der Waals surface area (Å²) in [5.74, 6) is 1.15. The number of aromatic nitrogens is 2. The number of hydrogen-bond donors (Lipinski definition) is 3. The maximum Gasteiger partial charge on any atom is 0.417 e. The number of allylic oxidation sites excluding steroid dienone is 1. The van der Waals surface area contributed by atoms with E-state index in [2.05, 4.69) is 32.5 Å². The van der Waals surface area contributed by atoms with Crippen LogP contribution in [0.25, 0.3) is 0 Å². The van der Waals surface area contributed by atoms with Crippen LogP contribution in [0.2, 0.25) is 0 Å². The topological polar surface area (TPSA) is 132 Å². The second-order valence-corrected chi connectivity index (χ2v) is 7.63. The van der Waals surface area contributed by atoms with Crippen LogP contribution in [0.3, 0.4) is 0 Å². The van der Waals surface area contributed by atoms with E-state index < -0.39 is 23.4 Å². The highest BCUT2D eigenvalue weighted by Gasteiger charge is 2.23. The van der Waals surface area contributed by atoms with Crippen molar-refractivity contribution in [1.29, 1.82) is 0 Å². The van der Waals surface area contributed by atoms with Gasteiger partial charge in [-0.25, -0.2) is 19.6 Å². The number of imide groups is 1. The fourth-order valence-corrected chi connectivity index (χ4v) is 2.12. The molecule has 10 heteroatoms. The van der Waals surface area contributed by atoms with Crippen molar-refractivity contribution in [3.05, 3.63) is 48.5 Å². The van der Waals surface area contributed by atoms with Crippen LogP contribution in [0.1, 0.15) is 33.4 Å². The number of ether oxygens (including phenoxy) is 2. The summed E-state index contributed by atoms with van der Waals surface area (Å²) in [6.45, 7) is 11.8. The number of nitrogens with one attached hydrogen (secondary N) is 3. The molecule has 0 spiro atoms. The van der Waals surface area contributed by atoms with E-state index in [-0.39, 0.29) is 17.4 Å². The van der Waals surface area contributed by atoms with Crippen LogP contribution in [-0.2, 0) is 9.53 Å². The first-order valence-electron chi connectivity index (χ1n) is 9.32. The number of carbonyl (C=O) groups excluding carboxylic acids is 3. The molecular weight excluding hydrogens is 402 g/mol. The SMILES string of the molecule is C=C(C)OC(=O)Nc1cc(Oc2ccc(NC(=O)NC(=O)C(C)(C)C)nc2C)ccn1. The zero-order chi connectivity index (χ0) is 23.2. The predicted octanol–water partition coefficient (Wildman–Crippen LogP) is 4.35. The van der Waals surface area contributed by atoms with Crippen LogP contribution >= 0.6 is 0 Å². The minimum absolute atomic E-state index is 0.229. The molecule has 0 bridgehead atoms. The van der Waals surface area contributed by atoms with Crippen LogP contribution < -0.4 is 20.7 Å². The third-order valence-electron chi connectivity index (χ3n) is 3.64. The Kier molecular flexibility index (Phi) is 7.30. The van der Waals surface area contributed by atoms with E-state index in [1.54, 1.807) is 46.8 Å². The number of hydrogen-bond acceptors (Lipinski definition) is 7. The van der Waals surface area contributed by atoms with Gasteiger partial charge in [0.25, 0.3) is 0 Å². The lowest BCUT2D eigenvalue weighted by atomic mass is 9.96. The lowest BCUT2D eigenvalue weighted by Gasteiger charge is -2.17. The molecule has 0 atom stereocenters. The van der Waals surface area contributed by atoms with E-state index in [4.69, 9.17) is 9.47 Å². The van der Waals surface area contributed by atoms with Gasteiger partial charge in [-0.1, -0.05) is 27.4 Å². The highest BCUT2D eigenvalue weighted by molar-refractivity contribution is 6.02. The molecule has 2 aromatic rings. The van der Waals surface area contributed by atoms with Crippen molar-refractivity contribution >= 4 is 29.7 Å². The van der Waals surface area contributed by atoms with E-state index >= 15 is 0 Å². The first kappa shape index (κ1) is 23.3. The summed E-state index contributed by atoms with van der Waals surface area (Å²) in [5.41, 5.74) is -0.203. The number of pyridine rings is 2. The normalized spacial score (nSPS) is 10.6. The van der Waals surface area contributed by atoms with E-state index in [0.29, 0.717) is 17.2 Å². The molecule has 2 aromatic heterocycles. The highest BCUT2D eigenvalue weighted by atomic mass is 16.6. The fraction of sp³-hybridized carbons (Fsp3) is 0.286. The Balaban J connectivity index is 2.03. The van der Waals surface area contributed by atoms with Gasteiger partial charge in [-0.05, 0) is 32.0 Å². The third-order valence-corrected chi connectivity index (χ3v) is 3.64. The van der Waals surface area contributed by atoms with Gasteiger partial charge in [0.15, 0.2) is 0 Å². The summed E-state index contributed by atoms with van der Waals surface area (Å²) in [6.07, 6.45) is 0.745. The van der Waals surface area contributed by atoms with Crippen molar-refractivity contribution in [2.45, 2.75) is 34.6 Å². The summed E-state index contributed by atoms with van der Waals surface area (Å²) >= 11 is 0. The quantitative estimate of drug-likeness (QED) is 0.604. The molecule has 0 saturated heterocycles. The summed E-state index contributed by atoms with van der Waals surface area (Å²) in [7, 11) is 0. The molecule has 0 aliphatic rings. The zero-order valence-electron chi connectivity index (χ0n) is 18.0. The number of aryl methyl sites for hydroxylation is 1. The number of carbonyl (C=O) groups is 3. The van der Waals surface area contributed by atoms with Gasteiger partial charge in [-0.2, -0.15) is 0 Å². The van der Waals surface area contributed by atoms with Gasteiger partial charge in [0.2, 0.25) is 5.91 Å². The largest absolute Gasteiger partial charge is 0.455 e. The van der Waals surface area contributed by atoms with E-state index in [1.165, 1.54) is 18.3 Å². The maximum absolute atomic E-state index is 12.0. The fourth-order valence-electron chi connectivity index (χ4n) is 2.12. The molecule has 31 heavy (non-hydrogen) atoms. The van der Waals surface area contributed by atoms with Crippen LogP contribution in [0.15, 0.2) is 42.8 Å². The van der Waals surface area contributed by atoms with E-state index in [0.717, 1.165) is 0 Å². The second-order valence-electron chi connectivity index (χ2n) is 7.63. The molecule has 0 aromatic carbocycles. The van der Waals surface area contributed by atoms with Crippen LogP contribution in [0.5, 0.6) is 11.5 Å². The van der Waals surface area contributed by atoms with E-state index in [9.17, 15) is 14.4 Å². The minimum Gasteiger partial charge on any atom is -0.455 e. The van der Waals surface area contributed by atoms with Gasteiger partial charge >= 0.3 is 12.1 Å². The Morgan fingerprint density at radius 2 is 1.77 bits per heavy atom. The minimum atomic E-state index is -0.714. The first-order valence-corrected chi connectivity index (χ1v) is 9.32. The lowest BCUT2D eigenvalue weighted by molar-refractivity contribution is -0.127. The van der Waals surface area contributed by atoms with E-state index in [1.807, 2.05) is 0 Å². The molecule has 10 nitrogen and oxygen atoms in total. The Labute approximate surface area is 180 Å². The summed E-state index contributed by atoms with van der Waals surface area (Å²) in [6, 6.07) is 5.59. The number of rotatable bonds is 5. The molecule has 0 radical (unpaired) electrons. The highest BCUT2D eigenvalue weighted by Crippen LogP contribution is 2.26. The van der Waals surface area contributed by atoms with Gasteiger partial charge in [0.1, 0.15) is 23.1 Å². The molecule has 0 saturated carbocycles. The molecular formula is C21H25N5O5. The van der Waals surface area contributed by atoms with Gasteiger partial charge in [-0.15, -0.1) is 0 Å². The third kappa shape index (κ3) is 7.42. The van der Waals surface area contributed by atoms with Crippen LogP contribution in [-0.4, -0.2) is 28.0 Å². The van der Waals surface area contributed by atoms with Crippen molar-refractivity contribution in [1.82, 2.24) is 15.3 Å². The first-order chi connectivity index (χ1) is 14.4. The monoisotopic (exact) mass is 427 g/mol. The average molecular weight is 427 g/mol. The van der Waals surface area contributed by atoms with Crippen molar-refractivity contribution in [2.75, 3.05) is 10.6 Å². The van der Waals surface area contributed by atoms with Crippen molar-refractivity contribution in [3.63, 3.8) is 0 Å². The zero-order valence-corrected chi connectivity index (χ0v) is 18.0. The van der Waals surface area contributed by atoms with Crippen molar-refractivity contribution < 1.29 is 23.9 Å². The number of anilines is 2. The average Bonchev–Trinajstić information content (AvgIpc) is 2.62. The molecule has 2 heterocycles. The molecule has 0 fully saturated rings. The summed E-state index contributed by atoms with van der Waals surface area (Å²) in [4.78, 5) is 43.8. The van der Waals surface area contributed by atoms with Gasteiger partial charge in [0.05, 0.1) is 11.5 Å². The molecule has 164 valence electrons. The smallest absolute Gasteiger partial charge is 0.417 e. The van der Waals surface area contributed by atoms with Gasteiger partial charge in [0, 0.05) is 17.7 Å². The number of urea groups is 1. The van der Waals surface area contributed by atoms with Gasteiger partial charge < -0.3 is 9.47 Å². The van der Waals surface area contributed by atoms with Gasteiger partial charge in [-0.3, -0.25) is 20.7 Å². The molecule has 0 aliphatic heterocycles. The lowest BCUT2D eigenvalue weighted by Crippen LogP contribution is -2.41. The van der Waals surface area contributed by atoms with Crippen LogP contribution in [0.4, 0.5) is 21.2 Å². The predicted molar refractivity (Wildman–Crippen MR) is 115 cm³/mol. The molecule has 0 unspecified atom stereocenters. The number of nitrogens with zero attached hydrogens (tertiary/aromatic N) is 2. The number of amides is 4. The molecule has 2 rings (SSSR count). The standard InChI is InChI=1S/C21H25N5O5/c1-12(2)30-20(29)25-17-11-14(9-10-22-17)31-15-7-8-16(23-13(15)3)24-19(28)26-18(27)21(4,5)6/h7-11H,1H2,2-6H3,(H,22,25,29)(H2,23,24,26,27,28). The Morgan fingerprint density at radius 3 is 2.39 bits per heavy atom. The molecule has 3 N–H and O–H groups in total. The van der Waals surface area contributed by atoms with Crippen LogP contribution in [0, 0.1) is 12.3 Å². The molecule has 4 amide bonds.